The fraction of sp³-hybridized carbons (Fsp3) is 0.478. The Labute approximate surface area is 179 Å². The number of ether oxygens (including phenoxy) is 1. The molecule has 0 radical (unpaired) electrons. The van der Waals surface area contributed by atoms with Crippen LogP contribution in [0.15, 0.2) is 36.5 Å². The smallest absolute Gasteiger partial charge is 0.227 e. The minimum atomic E-state index is -1.63. The van der Waals surface area contributed by atoms with Crippen molar-refractivity contribution in [3.63, 3.8) is 0 Å². The highest BCUT2D eigenvalue weighted by Gasteiger charge is 2.36. The molecule has 1 saturated carbocycles. The van der Waals surface area contributed by atoms with Crippen LogP contribution in [0.1, 0.15) is 25.7 Å². The first-order valence-electron chi connectivity index (χ1n) is 10.6. The van der Waals surface area contributed by atoms with Gasteiger partial charge < -0.3 is 15.0 Å². The van der Waals surface area contributed by atoms with Gasteiger partial charge in [-0.25, -0.2) is 18.2 Å². The van der Waals surface area contributed by atoms with Crippen molar-refractivity contribution in [2.45, 2.75) is 44.1 Å². The fourth-order valence-electron chi connectivity index (χ4n) is 4.40. The number of alkyl halides is 2. The van der Waals surface area contributed by atoms with E-state index in [-0.39, 0.29) is 48.1 Å². The number of methoxy groups -OCH3 is 1. The molecule has 1 saturated heterocycles. The van der Waals surface area contributed by atoms with E-state index < -0.39 is 18.2 Å². The van der Waals surface area contributed by atoms with Crippen LogP contribution in [0.3, 0.4) is 0 Å². The van der Waals surface area contributed by atoms with Crippen LogP contribution in [0.4, 0.5) is 24.7 Å². The number of pyridine rings is 1. The van der Waals surface area contributed by atoms with Gasteiger partial charge in [-0.15, -0.1) is 0 Å². The number of carbonyl (C=O) groups excluding carboxylic acids is 1. The van der Waals surface area contributed by atoms with Crippen LogP contribution in [0.2, 0.25) is 0 Å². The summed E-state index contributed by atoms with van der Waals surface area (Å²) < 4.78 is 47.7. The number of halogens is 3. The molecule has 0 unspecified atom stereocenters. The molecule has 1 aliphatic carbocycles. The number of amides is 1. The van der Waals surface area contributed by atoms with Gasteiger partial charge in [-0.2, -0.15) is 0 Å². The highest BCUT2D eigenvalue weighted by Crippen LogP contribution is 2.39. The summed E-state index contributed by atoms with van der Waals surface area (Å²) in [6.45, 7) is -0.340. The van der Waals surface area contributed by atoms with Crippen LogP contribution in [0.5, 0.6) is 0 Å². The van der Waals surface area contributed by atoms with Crippen LogP contribution < -0.4 is 10.2 Å². The zero-order valence-electron chi connectivity index (χ0n) is 17.4. The second-order valence-electron chi connectivity index (χ2n) is 8.17. The van der Waals surface area contributed by atoms with Crippen LogP contribution in [-0.4, -0.2) is 49.5 Å². The molecule has 166 valence electrons. The van der Waals surface area contributed by atoms with Gasteiger partial charge in [-0.3, -0.25) is 4.79 Å². The SMILES string of the molecule is CO[C@H]1CC[C@H](C(=O)Nc2c(-c3ccccc3F)ccnc2N2C[C@@H](F)[C@@H](F)C2)CC1. The van der Waals surface area contributed by atoms with Crippen molar-refractivity contribution < 1.29 is 22.7 Å². The summed E-state index contributed by atoms with van der Waals surface area (Å²) in [4.78, 5) is 18.9. The predicted octanol–water partition coefficient (Wildman–Crippen LogP) is 4.53. The molecule has 1 aromatic carbocycles. The van der Waals surface area contributed by atoms with Gasteiger partial charge in [0.1, 0.15) is 5.82 Å². The minimum absolute atomic E-state index is 0.152. The average molecular weight is 433 g/mol. The summed E-state index contributed by atoms with van der Waals surface area (Å²) in [6.07, 6.45) is 1.28. The second kappa shape index (κ2) is 9.26. The molecule has 1 aromatic heterocycles. The summed E-state index contributed by atoms with van der Waals surface area (Å²) in [5.41, 5.74) is 1.00. The van der Waals surface area contributed by atoms with Gasteiger partial charge >= 0.3 is 0 Å². The van der Waals surface area contributed by atoms with Crippen molar-refractivity contribution in [3.05, 3.63) is 42.3 Å². The van der Waals surface area contributed by atoms with E-state index in [0.29, 0.717) is 18.4 Å². The maximum absolute atomic E-state index is 14.6. The van der Waals surface area contributed by atoms with Gasteiger partial charge in [0, 0.05) is 30.4 Å². The van der Waals surface area contributed by atoms with E-state index in [1.165, 1.54) is 17.2 Å². The molecule has 4 rings (SSSR count). The lowest BCUT2D eigenvalue weighted by atomic mass is 9.86. The molecule has 2 atom stereocenters. The number of nitrogens with one attached hydrogen (secondary N) is 1. The minimum Gasteiger partial charge on any atom is -0.381 e. The van der Waals surface area contributed by atoms with Crippen molar-refractivity contribution >= 4 is 17.4 Å². The third-order valence-corrected chi connectivity index (χ3v) is 6.20. The normalized spacial score (nSPS) is 26.1. The number of anilines is 2. The fourth-order valence-corrected chi connectivity index (χ4v) is 4.40. The standard InChI is InChI=1S/C23H26F3N3O2/c1-31-15-8-6-14(7-9-15)23(30)28-21-17(16-4-2-3-5-18(16)24)10-11-27-22(21)29-12-19(25)20(26)13-29/h2-5,10-11,14-15,19-20H,6-9,12-13H2,1H3,(H,28,30)/t14-,15-,19-,20+. The molecule has 0 spiro atoms. The number of aromatic nitrogens is 1. The van der Waals surface area contributed by atoms with Crippen molar-refractivity contribution in [3.8, 4) is 11.1 Å². The molecule has 31 heavy (non-hydrogen) atoms. The molecule has 5 nitrogen and oxygen atoms in total. The van der Waals surface area contributed by atoms with Crippen LogP contribution in [0, 0.1) is 11.7 Å². The van der Waals surface area contributed by atoms with Gasteiger partial charge in [-0.1, -0.05) is 18.2 Å². The Morgan fingerprint density at radius 2 is 1.74 bits per heavy atom. The van der Waals surface area contributed by atoms with Gasteiger partial charge in [0.25, 0.3) is 0 Å². The maximum Gasteiger partial charge on any atom is 0.227 e. The first-order valence-corrected chi connectivity index (χ1v) is 10.6. The zero-order valence-corrected chi connectivity index (χ0v) is 17.4. The Morgan fingerprint density at radius 1 is 1.06 bits per heavy atom. The van der Waals surface area contributed by atoms with E-state index in [9.17, 15) is 18.0 Å². The lowest BCUT2D eigenvalue weighted by Gasteiger charge is -2.28. The van der Waals surface area contributed by atoms with Crippen molar-refractivity contribution in [2.24, 2.45) is 5.92 Å². The number of hydrogen-bond acceptors (Lipinski definition) is 4. The lowest BCUT2D eigenvalue weighted by molar-refractivity contribution is -0.121. The Hall–Kier alpha value is -2.61. The van der Waals surface area contributed by atoms with Crippen molar-refractivity contribution in [1.82, 2.24) is 4.98 Å². The average Bonchev–Trinajstić information content (AvgIpc) is 3.12. The van der Waals surface area contributed by atoms with Crippen LogP contribution >= 0.6 is 0 Å². The van der Waals surface area contributed by atoms with E-state index >= 15 is 0 Å². The Bertz CT molecular complexity index is 924. The summed E-state index contributed by atoms with van der Waals surface area (Å²) in [5.74, 6) is -0.616. The second-order valence-corrected chi connectivity index (χ2v) is 8.17. The van der Waals surface area contributed by atoms with E-state index in [4.69, 9.17) is 4.74 Å². The first-order chi connectivity index (χ1) is 15.0. The summed E-state index contributed by atoms with van der Waals surface area (Å²) in [7, 11) is 1.67. The first kappa shape index (κ1) is 21.6. The third-order valence-electron chi connectivity index (χ3n) is 6.20. The lowest BCUT2D eigenvalue weighted by Crippen LogP contribution is -2.31. The summed E-state index contributed by atoms with van der Waals surface area (Å²) in [5, 5.41) is 2.92. The molecule has 1 aliphatic heterocycles. The number of rotatable bonds is 5. The van der Waals surface area contributed by atoms with Crippen molar-refractivity contribution in [2.75, 3.05) is 30.4 Å². The number of carbonyl (C=O) groups is 1. The molecular weight excluding hydrogens is 407 g/mol. The van der Waals surface area contributed by atoms with Gasteiger partial charge in [0.15, 0.2) is 18.2 Å². The highest BCUT2D eigenvalue weighted by molar-refractivity contribution is 6.00. The van der Waals surface area contributed by atoms with Gasteiger partial charge in [-0.05, 0) is 37.8 Å². The Balaban J connectivity index is 1.68. The Kier molecular flexibility index (Phi) is 6.46. The molecule has 0 bridgehead atoms. The quantitative estimate of drug-likeness (QED) is 0.753. The molecule has 2 heterocycles. The molecule has 1 amide bonds. The number of hydrogen-bond donors (Lipinski definition) is 1. The Morgan fingerprint density at radius 3 is 2.39 bits per heavy atom. The van der Waals surface area contributed by atoms with E-state index in [0.717, 1.165) is 12.8 Å². The molecule has 2 aromatic rings. The largest absolute Gasteiger partial charge is 0.381 e. The van der Waals surface area contributed by atoms with E-state index in [1.54, 1.807) is 31.4 Å². The molecule has 8 heteroatoms. The van der Waals surface area contributed by atoms with E-state index in [2.05, 4.69) is 10.3 Å². The van der Waals surface area contributed by atoms with Crippen LogP contribution in [0.25, 0.3) is 11.1 Å². The van der Waals surface area contributed by atoms with E-state index in [1.807, 2.05) is 0 Å². The zero-order chi connectivity index (χ0) is 22.0. The summed E-state index contributed by atoms with van der Waals surface area (Å²) in [6, 6.07) is 7.82. The third kappa shape index (κ3) is 4.54. The number of benzene rings is 1. The molecule has 2 aliphatic rings. The maximum atomic E-state index is 14.6. The summed E-state index contributed by atoms with van der Waals surface area (Å²) >= 11 is 0. The molecular formula is C23H26F3N3O2. The van der Waals surface area contributed by atoms with Gasteiger partial charge in [0.05, 0.1) is 24.9 Å². The van der Waals surface area contributed by atoms with Crippen LogP contribution in [-0.2, 0) is 9.53 Å². The molecule has 2 fully saturated rings. The highest BCUT2D eigenvalue weighted by atomic mass is 19.2. The topological polar surface area (TPSA) is 54.5 Å². The monoisotopic (exact) mass is 433 g/mol. The predicted molar refractivity (Wildman–Crippen MR) is 113 cm³/mol. The van der Waals surface area contributed by atoms with Gasteiger partial charge in [0.2, 0.25) is 5.91 Å². The molecule has 1 N–H and O–H groups in total. The van der Waals surface area contributed by atoms with Crippen molar-refractivity contribution in [1.29, 1.82) is 0 Å². The number of nitrogens with zero attached hydrogens (tertiary/aromatic N) is 2.